The summed E-state index contributed by atoms with van der Waals surface area (Å²) in [5, 5.41) is 3.72. The predicted octanol–water partition coefficient (Wildman–Crippen LogP) is 0.230. The highest BCUT2D eigenvalue weighted by molar-refractivity contribution is 6.06. The zero-order chi connectivity index (χ0) is 17.3. The quantitative estimate of drug-likeness (QED) is 0.627. The second-order valence-electron chi connectivity index (χ2n) is 5.62. The molecule has 2 atom stereocenters. The molecule has 24 heavy (non-hydrogen) atoms. The number of amides is 3. The van der Waals surface area contributed by atoms with Crippen molar-refractivity contribution in [2.45, 2.75) is 32.0 Å². The molecule has 1 saturated heterocycles. The van der Waals surface area contributed by atoms with Gasteiger partial charge >= 0.3 is 0 Å². The van der Waals surface area contributed by atoms with E-state index < -0.39 is 18.1 Å². The molecule has 8 nitrogen and oxygen atoms in total. The van der Waals surface area contributed by atoms with Gasteiger partial charge in [0.05, 0.1) is 11.3 Å². The van der Waals surface area contributed by atoms with Gasteiger partial charge in [0.1, 0.15) is 25.1 Å². The summed E-state index contributed by atoms with van der Waals surface area (Å²) in [7, 11) is 0. The van der Waals surface area contributed by atoms with Crippen LogP contribution in [0.5, 0.6) is 0 Å². The standard InChI is InChI=1S/C16H17N3O5/c1-10-18(13-6-7-14(21)17-15(13)22)16(23)11-4-2-3-5-12(11)19(10)24-9-8-20/h2-5,8,10,13H,6-7,9H2,1H3,(H,17,21,22). The van der Waals surface area contributed by atoms with Crippen molar-refractivity contribution in [1.82, 2.24) is 10.2 Å². The second kappa shape index (κ2) is 6.40. The van der Waals surface area contributed by atoms with Crippen LogP contribution in [0.25, 0.3) is 0 Å². The third kappa shape index (κ3) is 2.65. The fourth-order valence-electron chi connectivity index (χ4n) is 3.11. The van der Waals surface area contributed by atoms with Crippen LogP contribution in [-0.4, -0.2) is 47.7 Å². The van der Waals surface area contributed by atoms with Gasteiger partial charge in [0.15, 0.2) is 0 Å². The van der Waals surface area contributed by atoms with E-state index in [4.69, 9.17) is 4.84 Å². The number of rotatable bonds is 4. The van der Waals surface area contributed by atoms with Crippen LogP contribution in [0.2, 0.25) is 0 Å². The molecule has 1 N–H and O–H groups in total. The van der Waals surface area contributed by atoms with Gasteiger partial charge in [-0.15, -0.1) is 0 Å². The number of nitrogens with zero attached hydrogens (tertiary/aromatic N) is 2. The van der Waals surface area contributed by atoms with Gasteiger partial charge in [0.2, 0.25) is 11.8 Å². The van der Waals surface area contributed by atoms with E-state index in [1.807, 2.05) is 0 Å². The SMILES string of the molecule is CC1N(OCC=O)c2ccccc2C(=O)N1C1CCC(=O)NC1=O. The molecule has 1 aromatic carbocycles. The normalized spacial score (nSPS) is 23.8. The Morgan fingerprint density at radius 1 is 1.29 bits per heavy atom. The van der Waals surface area contributed by atoms with Gasteiger partial charge in [-0.25, -0.2) is 5.06 Å². The van der Waals surface area contributed by atoms with Crippen molar-refractivity contribution < 1.29 is 24.0 Å². The van der Waals surface area contributed by atoms with Crippen LogP contribution in [0.1, 0.15) is 30.1 Å². The molecular formula is C16H17N3O5. The number of nitrogens with one attached hydrogen (secondary N) is 1. The number of hydroxylamine groups is 1. The van der Waals surface area contributed by atoms with E-state index in [1.165, 1.54) is 9.96 Å². The molecule has 0 aromatic heterocycles. The Bertz CT molecular complexity index is 705. The molecule has 0 spiro atoms. The molecule has 126 valence electrons. The maximum Gasteiger partial charge on any atom is 0.258 e. The minimum Gasteiger partial charge on any atom is -0.304 e. The van der Waals surface area contributed by atoms with E-state index in [0.717, 1.165) is 0 Å². The third-order valence-corrected chi connectivity index (χ3v) is 4.18. The number of aldehydes is 1. The fourth-order valence-corrected chi connectivity index (χ4v) is 3.11. The number of anilines is 1. The van der Waals surface area contributed by atoms with E-state index in [0.29, 0.717) is 17.5 Å². The number of hydrogen-bond acceptors (Lipinski definition) is 6. The largest absolute Gasteiger partial charge is 0.304 e. The van der Waals surface area contributed by atoms with Gasteiger partial charge in [-0.2, -0.15) is 0 Å². The molecule has 2 unspecified atom stereocenters. The summed E-state index contributed by atoms with van der Waals surface area (Å²) in [5.41, 5.74) is 0.923. The van der Waals surface area contributed by atoms with Crippen LogP contribution < -0.4 is 10.4 Å². The first-order chi connectivity index (χ1) is 11.5. The topological polar surface area (TPSA) is 96.0 Å². The molecule has 2 aliphatic heterocycles. The number of hydrogen-bond donors (Lipinski definition) is 1. The van der Waals surface area contributed by atoms with E-state index in [9.17, 15) is 19.2 Å². The highest BCUT2D eigenvalue weighted by Crippen LogP contribution is 2.33. The molecule has 1 aromatic rings. The highest BCUT2D eigenvalue weighted by atomic mass is 16.7. The molecule has 0 saturated carbocycles. The maximum atomic E-state index is 12.9. The van der Waals surface area contributed by atoms with Crippen molar-refractivity contribution >= 4 is 29.7 Å². The minimum atomic E-state index is -0.763. The number of fused-ring (bicyclic) bond motifs is 1. The van der Waals surface area contributed by atoms with Crippen molar-refractivity contribution in [2.75, 3.05) is 11.7 Å². The van der Waals surface area contributed by atoms with Crippen molar-refractivity contribution in [3.63, 3.8) is 0 Å². The Balaban J connectivity index is 1.98. The monoisotopic (exact) mass is 331 g/mol. The lowest BCUT2D eigenvalue weighted by molar-refractivity contribution is -0.138. The average Bonchev–Trinajstić information content (AvgIpc) is 2.57. The van der Waals surface area contributed by atoms with Crippen LogP contribution in [-0.2, 0) is 19.2 Å². The van der Waals surface area contributed by atoms with Gasteiger partial charge in [-0.3, -0.25) is 24.5 Å². The lowest BCUT2D eigenvalue weighted by Crippen LogP contribution is -2.62. The summed E-state index contributed by atoms with van der Waals surface area (Å²) >= 11 is 0. The van der Waals surface area contributed by atoms with Gasteiger partial charge in [0.25, 0.3) is 5.91 Å². The third-order valence-electron chi connectivity index (χ3n) is 4.18. The smallest absolute Gasteiger partial charge is 0.258 e. The number of imide groups is 1. The predicted molar refractivity (Wildman–Crippen MR) is 82.7 cm³/mol. The number of benzene rings is 1. The van der Waals surface area contributed by atoms with Crippen LogP contribution in [0.15, 0.2) is 24.3 Å². The number of carbonyl (C=O) groups is 4. The van der Waals surface area contributed by atoms with Gasteiger partial charge < -0.3 is 9.69 Å². The minimum absolute atomic E-state index is 0.170. The first-order valence-corrected chi connectivity index (χ1v) is 7.65. The lowest BCUT2D eigenvalue weighted by Gasteiger charge is -2.45. The Morgan fingerprint density at radius 3 is 2.75 bits per heavy atom. The summed E-state index contributed by atoms with van der Waals surface area (Å²) in [6.45, 7) is 1.54. The van der Waals surface area contributed by atoms with Crippen molar-refractivity contribution in [3.8, 4) is 0 Å². The molecule has 3 amide bonds. The summed E-state index contributed by atoms with van der Waals surface area (Å²) < 4.78 is 0. The molecule has 0 aliphatic carbocycles. The Kier molecular flexibility index (Phi) is 4.30. The van der Waals surface area contributed by atoms with Crippen molar-refractivity contribution in [3.05, 3.63) is 29.8 Å². The Labute approximate surface area is 138 Å². The highest BCUT2D eigenvalue weighted by Gasteiger charge is 2.43. The fraction of sp³-hybridized carbons (Fsp3) is 0.375. The Hall–Kier alpha value is -2.74. The van der Waals surface area contributed by atoms with Gasteiger partial charge in [-0.1, -0.05) is 12.1 Å². The molecular weight excluding hydrogens is 314 g/mol. The molecule has 2 heterocycles. The van der Waals surface area contributed by atoms with Crippen LogP contribution in [0, 0.1) is 0 Å². The number of para-hydroxylation sites is 1. The maximum absolute atomic E-state index is 12.9. The van der Waals surface area contributed by atoms with E-state index in [2.05, 4.69) is 5.32 Å². The van der Waals surface area contributed by atoms with E-state index >= 15 is 0 Å². The van der Waals surface area contributed by atoms with Gasteiger partial charge in [-0.05, 0) is 25.5 Å². The van der Waals surface area contributed by atoms with Crippen molar-refractivity contribution in [2.24, 2.45) is 0 Å². The first kappa shape index (κ1) is 16.1. The summed E-state index contributed by atoms with van der Waals surface area (Å²) in [6, 6.07) is 6.07. The summed E-state index contributed by atoms with van der Waals surface area (Å²) in [5.74, 6) is -1.15. The number of carbonyl (C=O) groups excluding carboxylic acids is 4. The van der Waals surface area contributed by atoms with Crippen LogP contribution in [0.3, 0.4) is 0 Å². The molecule has 1 fully saturated rings. The summed E-state index contributed by atoms with van der Waals surface area (Å²) in [6.07, 6.45) is 0.437. The van der Waals surface area contributed by atoms with E-state index in [1.54, 1.807) is 31.2 Å². The zero-order valence-corrected chi connectivity index (χ0v) is 13.1. The number of piperidine rings is 1. The zero-order valence-electron chi connectivity index (χ0n) is 13.1. The van der Waals surface area contributed by atoms with Gasteiger partial charge in [0, 0.05) is 6.42 Å². The van der Waals surface area contributed by atoms with Crippen LogP contribution >= 0.6 is 0 Å². The average molecular weight is 331 g/mol. The first-order valence-electron chi connectivity index (χ1n) is 7.65. The molecule has 8 heteroatoms. The van der Waals surface area contributed by atoms with Crippen molar-refractivity contribution in [1.29, 1.82) is 0 Å². The second-order valence-corrected chi connectivity index (χ2v) is 5.62. The lowest BCUT2D eigenvalue weighted by atomic mass is 9.99. The molecule has 2 aliphatic rings. The van der Waals surface area contributed by atoms with Crippen LogP contribution in [0.4, 0.5) is 5.69 Å². The Morgan fingerprint density at radius 2 is 2.04 bits per heavy atom. The molecule has 0 bridgehead atoms. The van der Waals surface area contributed by atoms with E-state index in [-0.39, 0.29) is 31.3 Å². The molecule has 3 rings (SSSR count). The molecule has 0 radical (unpaired) electrons. The summed E-state index contributed by atoms with van der Waals surface area (Å²) in [4.78, 5) is 54.0.